The summed E-state index contributed by atoms with van der Waals surface area (Å²) in [6, 6.07) is 8.03. The van der Waals surface area contributed by atoms with Gasteiger partial charge in [-0.25, -0.2) is 4.98 Å². The lowest BCUT2D eigenvalue weighted by atomic mass is 9.87. The number of thiazole rings is 1. The third kappa shape index (κ3) is 5.78. The first-order valence-corrected chi connectivity index (χ1v) is 8.44. The highest BCUT2D eigenvalue weighted by Gasteiger charge is 2.14. The van der Waals surface area contributed by atoms with Crippen LogP contribution < -0.4 is 15.8 Å². The maximum atomic E-state index is 11.9. The Labute approximate surface area is 153 Å². The molecule has 0 unspecified atom stereocenters. The molecule has 2 rings (SSSR count). The summed E-state index contributed by atoms with van der Waals surface area (Å²) in [4.78, 5) is 16.1. The lowest BCUT2D eigenvalue weighted by Gasteiger charge is -2.19. The minimum absolute atomic E-state index is 0. The number of nitrogens with zero attached hydrogens (tertiary/aromatic N) is 1. The van der Waals surface area contributed by atoms with Gasteiger partial charge >= 0.3 is 0 Å². The third-order valence-electron chi connectivity index (χ3n) is 3.32. The maximum absolute atomic E-state index is 11.9. The molecule has 7 heteroatoms. The summed E-state index contributed by atoms with van der Waals surface area (Å²) in [6.45, 7) is 7.67. The molecule has 2 aromatic rings. The Bertz CT molecular complexity index is 668. The summed E-state index contributed by atoms with van der Waals surface area (Å²) >= 11 is 1.39. The summed E-state index contributed by atoms with van der Waals surface area (Å²) in [6.07, 6.45) is 0. The van der Waals surface area contributed by atoms with Gasteiger partial charge < -0.3 is 15.8 Å². The van der Waals surface area contributed by atoms with Gasteiger partial charge in [0.1, 0.15) is 23.1 Å². The zero-order chi connectivity index (χ0) is 16.9. The van der Waals surface area contributed by atoms with Crippen LogP contribution in [0.2, 0.25) is 0 Å². The van der Waals surface area contributed by atoms with E-state index in [0.717, 1.165) is 10.8 Å². The van der Waals surface area contributed by atoms with Crippen molar-refractivity contribution in [3.8, 4) is 5.75 Å². The lowest BCUT2D eigenvalue weighted by molar-refractivity contribution is 0.0942. The van der Waals surface area contributed by atoms with Crippen LogP contribution in [-0.4, -0.2) is 24.0 Å². The molecule has 0 saturated carbocycles. The van der Waals surface area contributed by atoms with Crippen molar-refractivity contribution in [1.82, 2.24) is 10.3 Å². The highest BCUT2D eigenvalue weighted by atomic mass is 35.5. The van der Waals surface area contributed by atoms with Crippen molar-refractivity contribution in [2.75, 3.05) is 13.2 Å². The van der Waals surface area contributed by atoms with Gasteiger partial charge in [0.2, 0.25) is 0 Å². The quantitative estimate of drug-likeness (QED) is 0.767. The molecule has 0 saturated heterocycles. The van der Waals surface area contributed by atoms with E-state index in [4.69, 9.17) is 10.5 Å². The van der Waals surface area contributed by atoms with E-state index in [-0.39, 0.29) is 23.7 Å². The van der Waals surface area contributed by atoms with Crippen molar-refractivity contribution in [3.63, 3.8) is 0 Å². The molecule has 1 aromatic heterocycles. The molecule has 0 aliphatic carbocycles. The molecular formula is C17H24ClN3O2S. The van der Waals surface area contributed by atoms with Gasteiger partial charge in [-0.2, -0.15) is 0 Å². The number of carbonyl (C=O) groups is 1. The SMILES string of the molecule is CC(C)(C)c1cccc(OCCNC(=O)c2csc(CN)n2)c1.Cl. The lowest BCUT2D eigenvalue weighted by Crippen LogP contribution is -2.28. The van der Waals surface area contributed by atoms with Crippen LogP contribution in [0, 0.1) is 0 Å². The molecule has 132 valence electrons. The topological polar surface area (TPSA) is 77.2 Å². The van der Waals surface area contributed by atoms with E-state index >= 15 is 0 Å². The number of halogens is 1. The highest BCUT2D eigenvalue weighted by molar-refractivity contribution is 7.09. The van der Waals surface area contributed by atoms with Gasteiger partial charge in [0, 0.05) is 11.9 Å². The number of nitrogens with one attached hydrogen (secondary N) is 1. The minimum atomic E-state index is -0.201. The van der Waals surface area contributed by atoms with E-state index < -0.39 is 0 Å². The predicted molar refractivity (Wildman–Crippen MR) is 100 cm³/mol. The standard InChI is InChI=1S/C17H23N3O2S.ClH/c1-17(2,3)12-5-4-6-13(9-12)22-8-7-19-16(21)14-11-23-15(10-18)20-14;/h4-6,9,11H,7-8,10,18H2,1-3H3,(H,19,21);1H. The van der Waals surface area contributed by atoms with Crippen LogP contribution in [0.1, 0.15) is 41.8 Å². The number of hydrogen-bond acceptors (Lipinski definition) is 5. The van der Waals surface area contributed by atoms with Crippen LogP contribution in [0.4, 0.5) is 0 Å². The molecule has 1 amide bonds. The molecule has 0 aliphatic rings. The van der Waals surface area contributed by atoms with Crippen LogP contribution in [-0.2, 0) is 12.0 Å². The van der Waals surface area contributed by atoms with Crippen molar-refractivity contribution in [3.05, 3.63) is 45.9 Å². The monoisotopic (exact) mass is 369 g/mol. The fourth-order valence-corrected chi connectivity index (χ4v) is 2.64. The average Bonchev–Trinajstić information content (AvgIpc) is 3.00. The predicted octanol–water partition coefficient (Wildman–Crippen LogP) is 3.13. The van der Waals surface area contributed by atoms with Crippen molar-refractivity contribution in [2.24, 2.45) is 5.73 Å². The van der Waals surface area contributed by atoms with Crippen molar-refractivity contribution in [2.45, 2.75) is 32.7 Å². The molecule has 0 radical (unpaired) electrons. The molecular weight excluding hydrogens is 346 g/mol. The molecule has 0 fully saturated rings. The molecule has 5 nitrogen and oxygen atoms in total. The Hall–Kier alpha value is -1.63. The zero-order valence-corrected chi connectivity index (χ0v) is 15.8. The molecule has 0 aliphatic heterocycles. The van der Waals surface area contributed by atoms with Crippen molar-refractivity contribution >= 4 is 29.7 Å². The van der Waals surface area contributed by atoms with E-state index in [1.54, 1.807) is 5.38 Å². The van der Waals surface area contributed by atoms with Gasteiger partial charge in [0.15, 0.2) is 0 Å². The summed E-state index contributed by atoms with van der Waals surface area (Å²) in [5, 5.41) is 5.26. The smallest absolute Gasteiger partial charge is 0.270 e. The maximum Gasteiger partial charge on any atom is 0.270 e. The molecule has 3 N–H and O–H groups in total. The number of nitrogens with two attached hydrogens (primary N) is 1. The summed E-state index contributed by atoms with van der Waals surface area (Å²) in [7, 11) is 0. The van der Waals surface area contributed by atoms with Gasteiger partial charge in [-0.1, -0.05) is 32.9 Å². The van der Waals surface area contributed by atoms with Gasteiger partial charge in [0.05, 0.1) is 6.54 Å². The first kappa shape index (κ1) is 20.4. The Kier molecular flexibility index (Phi) is 7.66. The molecule has 0 bridgehead atoms. The van der Waals surface area contributed by atoms with E-state index in [1.807, 2.05) is 18.2 Å². The zero-order valence-electron chi connectivity index (χ0n) is 14.2. The van der Waals surface area contributed by atoms with Crippen LogP contribution in [0.5, 0.6) is 5.75 Å². The summed E-state index contributed by atoms with van der Waals surface area (Å²) in [5.41, 5.74) is 7.20. The molecule has 0 atom stereocenters. The first-order chi connectivity index (χ1) is 10.9. The molecule has 0 spiro atoms. The van der Waals surface area contributed by atoms with Gasteiger partial charge in [-0.3, -0.25) is 4.79 Å². The molecule has 1 aromatic carbocycles. The van der Waals surface area contributed by atoms with Gasteiger partial charge in [-0.05, 0) is 23.1 Å². The number of ether oxygens (including phenoxy) is 1. The number of carbonyl (C=O) groups excluding carboxylic acids is 1. The number of aromatic nitrogens is 1. The minimum Gasteiger partial charge on any atom is -0.492 e. The second-order valence-electron chi connectivity index (χ2n) is 6.21. The van der Waals surface area contributed by atoms with Crippen molar-refractivity contribution in [1.29, 1.82) is 0 Å². The summed E-state index contributed by atoms with van der Waals surface area (Å²) in [5.74, 6) is 0.610. The molecule has 1 heterocycles. The Morgan fingerprint density at radius 2 is 2.12 bits per heavy atom. The largest absolute Gasteiger partial charge is 0.492 e. The first-order valence-electron chi connectivity index (χ1n) is 7.56. The normalized spacial score (nSPS) is 10.8. The Morgan fingerprint density at radius 3 is 2.75 bits per heavy atom. The highest BCUT2D eigenvalue weighted by Crippen LogP contribution is 2.25. The number of amides is 1. The second-order valence-corrected chi connectivity index (χ2v) is 7.16. The third-order valence-corrected chi connectivity index (χ3v) is 4.19. The number of benzene rings is 1. The number of rotatable bonds is 6. The fraction of sp³-hybridized carbons (Fsp3) is 0.412. The van der Waals surface area contributed by atoms with Gasteiger partial charge in [-0.15, -0.1) is 23.7 Å². The fourth-order valence-electron chi connectivity index (χ4n) is 1.99. The van der Waals surface area contributed by atoms with Crippen LogP contribution in [0.15, 0.2) is 29.6 Å². The Morgan fingerprint density at radius 1 is 1.38 bits per heavy atom. The Balaban J connectivity index is 0.00000288. The molecule has 24 heavy (non-hydrogen) atoms. The van der Waals surface area contributed by atoms with E-state index in [1.165, 1.54) is 16.9 Å². The van der Waals surface area contributed by atoms with Crippen LogP contribution in [0.25, 0.3) is 0 Å². The van der Waals surface area contributed by atoms with Crippen LogP contribution >= 0.6 is 23.7 Å². The van der Waals surface area contributed by atoms with Crippen LogP contribution in [0.3, 0.4) is 0 Å². The van der Waals surface area contributed by atoms with E-state index in [0.29, 0.717) is 25.4 Å². The number of hydrogen-bond donors (Lipinski definition) is 2. The average molecular weight is 370 g/mol. The van der Waals surface area contributed by atoms with Crippen molar-refractivity contribution < 1.29 is 9.53 Å². The van der Waals surface area contributed by atoms with E-state index in [2.05, 4.69) is 37.1 Å². The summed E-state index contributed by atoms with van der Waals surface area (Å²) < 4.78 is 5.70. The van der Waals surface area contributed by atoms with Gasteiger partial charge in [0.25, 0.3) is 5.91 Å². The second kappa shape index (κ2) is 9.01. The van der Waals surface area contributed by atoms with E-state index in [9.17, 15) is 4.79 Å².